The average Bonchev–Trinajstić information content (AvgIpc) is 2.78. The molecule has 1 fully saturated rings. The molecule has 0 spiro atoms. The van der Waals surface area contributed by atoms with E-state index < -0.39 is 10.0 Å². The molecule has 0 amide bonds. The molecule has 164 valence electrons. The summed E-state index contributed by atoms with van der Waals surface area (Å²) in [6.45, 7) is 3.03. The molecule has 4 rings (SSSR count). The van der Waals surface area contributed by atoms with Crippen molar-refractivity contribution in [3.8, 4) is 11.8 Å². The van der Waals surface area contributed by atoms with Crippen LogP contribution in [-0.2, 0) is 10.0 Å². The Hall–Kier alpha value is -1.92. The molecule has 2 atom stereocenters. The first kappa shape index (κ1) is 22.3. The van der Waals surface area contributed by atoms with Gasteiger partial charge in [-0.2, -0.15) is 5.26 Å². The summed E-state index contributed by atoms with van der Waals surface area (Å²) in [7, 11) is -3.47. The first-order valence-electron chi connectivity index (χ1n) is 10.6. The van der Waals surface area contributed by atoms with Crippen LogP contribution in [0, 0.1) is 11.3 Å². The maximum absolute atomic E-state index is 12.4. The van der Waals surface area contributed by atoms with Crippen molar-refractivity contribution < 1.29 is 13.2 Å². The molecule has 1 saturated heterocycles. The SMILES string of the molecule is N#Cc1ccc2c(c1)C1CCCN(CCCCNS(=O)(=O)c3ccc(Br)cc3)C1CO2. The highest BCUT2D eigenvalue weighted by Crippen LogP contribution is 2.41. The first-order chi connectivity index (χ1) is 15.0. The second-order valence-corrected chi connectivity index (χ2v) is 10.8. The third-order valence-electron chi connectivity index (χ3n) is 6.13. The smallest absolute Gasteiger partial charge is 0.240 e. The van der Waals surface area contributed by atoms with Crippen LogP contribution in [0.5, 0.6) is 5.75 Å². The average molecular weight is 504 g/mol. The molecule has 0 saturated carbocycles. The quantitative estimate of drug-likeness (QED) is 0.576. The Labute approximate surface area is 192 Å². The van der Waals surface area contributed by atoms with E-state index in [2.05, 4.69) is 31.6 Å². The number of nitrogens with zero attached hydrogens (tertiary/aromatic N) is 2. The largest absolute Gasteiger partial charge is 0.492 e. The van der Waals surface area contributed by atoms with Gasteiger partial charge in [-0.05, 0) is 81.2 Å². The third-order valence-corrected chi connectivity index (χ3v) is 8.14. The molecule has 2 heterocycles. The number of hydrogen-bond acceptors (Lipinski definition) is 5. The minimum Gasteiger partial charge on any atom is -0.492 e. The standard InChI is InChI=1S/C23H26BrN3O3S/c24-18-6-8-19(9-7-18)31(28,29)26-11-1-2-12-27-13-3-4-20-21-14-17(15-25)5-10-23(21)30-16-22(20)27/h5-10,14,20,22,26H,1-4,11-13,16H2. The monoisotopic (exact) mass is 503 g/mol. The molecule has 0 bridgehead atoms. The Morgan fingerprint density at radius 3 is 2.77 bits per heavy atom. The number of piperidine rings is 1. The zero-order valence-corrected chi connectivity index (χ0v) is 19.7. The number of sulfonamides is 1. The fraction of sp³-hybridized carbons (Fsp3) is 0.435. The lowest BCUT2D eigenvalue weighted by Gasteiger charge is -2.44. The number of rotatable bonds is 7. The summed E-state index contributed by atoms with van der Waals surface area (Å²) >= 11 is 3.32. The number of ether oxygens (including phenoxy) is 1. The van der Waals surface area contributed by atoms with Gasteiger partial charge in [0.25, 0.3) is 0 Å². The molecule has 8 heteroatoms. The number of fused-ring (bicyclic) bond motifs is 3. The lowest BCUT2D eigenvalue weighted by molar-refractivity contribution is 0.0646. The minimum absolute atomic E-state index is 0.282. The molecule has 0 aromatic heterocycles. The Bertz CT molecular complexity index is 1070. The Morgan fingerprint density at radius 2 is 2.00 bits per heavy atom. The van der Waals surface area contributed by atoms with Crippen molar-refractivity contribution in [2.45, 2.75) is 42.5 Å². The maximum Gasteiger partial charge on any atom is 0.240 e. The molecule has 2 aromatic rings. The van der Waals surface area contributed by atoms with E-state index in [-0.39, 0.29) is 4.90 Å². The van der Waals surface area contributed by atoms with E-state index in [1.54, 1.807) is 24.3 Å². The number of hydrogen-bond donors (Lipinski definition) is 1. The Balaban J connectivity index is 1.29. The van der Waals surface area contributed by atoms with E-state index in [0.717, 1.165) is 54.6 Å². The van der Waals surface area contributed by atoms with Crippen molar-refractivity contribution in [3.05, 3.63) is 58.1 Å². The van der Waals surface area contributed by atoms with E-state index in [1.807, 2.05) is 18.2 Å². The molecule has 0 radical (unpaired) electrons. The molecule has 2 aliphatic rings. The van der Waals surface area contributed by atoms with Gasteiger partial charge in [-0.25, -0.2) is 13.1 Å². The predicted molar refractivity (Wildman–Crippen MR) is 123 cm³/mol. The number of halogens is 1. The van der Waals surface area contributed by atoms with Crippen LogP contribution in [0.15, 0.2) is 51.8 Å². The molecule has 2 unspecified atom stereocenters. The zero-order valence-electron chi connectivity index (χ0n) is 17.3. The first-order valence-corrected chi connectivity index (χ1v) is 12.9. The minimum atomic E-state index is -3.47. The highest BCUT2D eigenvalue weighted by Gasteiger charge is 2.37. The van der Waals surface area contributed by atoms with Gasteiger partial charge < -0.3 is 4.74 Å². The maximum atomic E-state index is 12.4. The van der Waals surface area contributed by atoms with Crippen molar-refractivity contribution >= 4 is 26.0 Å². The van der Waals surface area contributed by atoms with Crippen LogP contribution in [0.4, 0.5) is 0 Å². The number of unbranched alkanes of at least 4 members (excludes halogenated alkanes) is 1. The van der Waals surface area contributed by atoms with E-state index in [0.29, 0.717) is 30.7 Å². The van der Waals surface area contributed by atoms with Crippen molar-refractivity contribution in [2.24, 2.45) is 0 Å². The van der Waals surface area contributed by atoms with Crippen molar-refractivity contribution in [1.82, 2.24) is 9.62 Å². The molecule has 6 nitrogen and oxygen atoms in total. The summed E-state index contributed by atoms with van der Waals surface area (Å²) in [6, 6.07) is 14.9. The lowest BCUT2D eigenvalue weighted by atomic mass is 9.81. The number of likely N-dealkylation sites (tertiary alicyclic amines) is 1. The predicted octanol–water partition coefficient (Wildman–Crippen LogP) is 4.02. The van der Waals surface area contributed by atoms with Crippen LogP contribution in [0.25, 0.3) is 0 Å². The van der Waals surface area contributed by atoms with Crippen LogP contribution < -0.4 is 9.46 Å². The summed E-state index contributed by atoms with van der Waals surface area (Å²) in [5.41, 5.74) is 1.83. The van der Waals surface area contributed by atoms with Gasteiger partial charge in [0.15, 0.2) is 0 Å². The van der Waals surface area contributed by atoms with Gasteiger partial charge in [0.05, 0.1) is 22.6 Å². The van der Waals surface area contributed by atoms with Crippen molar-refractivity contribution in [1.29, 1.82) is 5.26 Å². The second kappa shape index (κ2) is 9.70. The van der Waals surface area contributed by atoms with Gasteiger partial charge in [0.1, 0.15) is 12.4 Å². The number of benzene rings is 2. The second-order valence-electron chi connectivity index (χ2n) is 8.09. The molecular weight excluding hydrogens is 478 g/mol. The van der Waals surface area contributed by atoms with Gasteiger partial charge in [-0.15, -0.1) is 0 Å². The summed E-state index contributed by atoms with van der Waals surface area (Å²) in [5, 5.41) is 9.24. The summed E-state index contributed by atoms with van der Waals surface area (Å²) in [6.07, 6.45) is 3.92. The highest BCUT2D eigenvalue weighted by molar-refractivity contribution is 9.10. The van der Waals surface area contributed by atoms with E-state index in [4.69, 9.17) is 4.74 Å². The highest BCUT2D eigenvalue weighted by atomic mass is 79.9. The topological polar surface area (TPSA) is 82.4 Å². The number of nitrogens with one attached hydrogen (secondary N) is 1. The fourth-order valence-electron chi connectivity index (χ4n) is 4.55. The van der Waals surface area contributed by atoms with Crippen molar-refractivity contribution in [3.63, 3.8) is 0 Å². The summed E-state index contributed by atoms with van der Waals surface area (Å²) in [5.74, 6) is 1.30. The van der Waals surface area contributed by atoms with Gasteiger partial charge in [-0.1, -0.05) is 15.9 Å². The normalized spacial score (nSPS) is 20.9. The summed E-state index contributed by atoms with van der Waals surface area (Å²) in [4.78, 5) is 2.75. The molecule has 1 N–H and O–H groups in total. The van der Waals surface area contributed by atoms with Gasteiger partial charge in [-0.3, -0.25) is 4.90 Å². The summed E-state index contributed by atoms with van der Waals surface area (Å²) < 4.78 is 34.3. The van der Waals surface area contributed by atoms with Crippen LogP contribution in [-0.4, -0.2) is 45.6 Å². The molecular formula is C23H26BrN3O3S. The van der Waals surface area contributed by atoms with Gasteiger partial charge in [0, 0.05) is 22.5 Å². The van der Waals surface area contributed by atoms with Crippen LogP contribution in [0.2, 0.25) is 0 Å². The van der Waals surface area contributed by atoms with Gasteiger partial charge in [0.2, 0.25) is 10.0 Å². The van der Waals surface area contributed by atoms with Crippen molar-refractivity contribution in [2.75, 3.05) is 26.2 Å². The van der Waals surface area contributed by atoms with E-state index in [1.165, 1.54) is 0 Å². The Morgan fingerprint density at radius 1 is 1.19 bits per heavy atom. The van der Waals surface area contributed by atoms with E-state index >= 15 is 0 Å². The molecule has 31 heavy (non-hydrogen) atoms. The molecule has 0 aliphatic carbocycles. The fourth-order valence-corrected chi connectivity index (χ4v) is 5.89. The molecule has 2 aromatic carbocycles. The lowest BCUT2D eigenvalue weighted by Crippen LogP contribution is -2.49. The van der Waals surface area contributed by atoms with Crippen LogP contribution >= 0.6 is 15.9 Å². The number of nitriles is 1. The van der Waals surface area contributed by atoms with E-state index in [9.17, 15) is 13.7 Å². The Kier molecular flexibility index (Phi) is 6.97. The van der Waals surface area contributed by atoms with Crippen LogP contribution in [0.1, 0.15) is 42.7 Å². The zero-order chi connectivity index (χ0) is 21.8. The third kappa shape index (κ3) is 5.12. The molecule has 2 aliphatic heterocycles. The van der Waals surface area contributed by atoms with Gasteiger partial charge >= 0.3 is 0 Å². The van der Waals surface area contributed by atoms with Crippen LogP contribution in [0.3, 0.4) is 0 Å².